The molecule has 4 aliphatic rings. The van der Waals surface area contributed by atoms with Crippen LogP contribution >= 0.6 is 0 Å². The third-order valence-corrected chi connectivity index (χ3v) is 25.2. The Hall–Kier alpha value is -5.94. The zero-order valence-corrected chi connectivity index (χ0v) is 56.3. The van der Waals surface area contributed by atoms with Crippen LogP contribution in [0.2, 0.25) is 18.1 Å². The van der Waals surface area contributed by atoms with Gasteiger partial charge in [0.2, 0.25) is 20.0 Å². The highest BCUT2D eigenvalue weighted by Crippen LogP contribution is 2.43. The molecular formula is C72H86N2O17S2Si. The zero-order valence-electron chi connectivity index (χ0n) is 53.7. The van der Waals surface area contributed by atoms with E-state index in [2.05, 4.69) is 43.3 Å². The largest absolute Gasteiger partial charge is 0.391 e. The fourth-order valence-electron chi connectivity index (χ4n) is 11.7. The third kappa shape index (κ3) is 17.2. The topological polar surface area (TPSA) is 223 Å². The molecule has 0 amide bonds. The van der Waals surface area contributed by atoms with Crippen LogP contribution in [-0.2, 0) is 103 Å². The molecular weight excluding hydrogens is 1260 g/mol. The molecule has 4 aliphatic heterocycles. The molecule has 11 rings (SSSR count). The quantitative estimate of drug-likeness (QED) is 0.0407. The van der Waals surface area contributed by atoms with Crippen molar-refractivity contribution in [1.82, 2.24) is 9.44 Å². The summed E-state index contributed by atoms with van der Waals surface area (Å²) in [7, 11) is -11.7. The van der Waals surface area contributed by atoms with Crippen LogP contribution in [0.5, 0.6) is 0 Å². The van der Waals surface area contributed by atoms with Gasteiger partial charge in [0.05, 0.1) is 55.5 Å². The minimum atomic E-state index is -4.54. The van der Waals surface area contributed by atoms with Crippen molar-refractivity contribution in [2.24, 2.45) is 0 Å². The number of aliphatic hydroxyl groups excluding tert-OH is 1. The van der Waals surface area contributed by atoms with Crippen LogP contribution in [0.1, 0.15) is 68.2 Å². The van der Waals surface area contributed by atoms with E-state index in [1.54, 1.807) is 36.4 Å². The highest BCUT2D eigenvalue weighted by molar-refractivity contribution is 7.89. The van der Waals surface area contributed by atoms with Gasteiger partial charge in [0, 0.05) is 5.56 Å². The molecule has 0 aliphatic carbocycles. The first-order chi connectivity index (χ1) is 45.3. The summed E-state index contributed by atoms with van der Waals surface area (Å²) in [5, 5.41) is 12.4. The van der Waals surface area contributed by atoms with Gasteiger partial charge in [0.15, 0.2) is 33.5 Å². The van der Waals surface area contributed by atoms with Gasteiger partial charge < -0.3 is 61.6 Å². The van der Waals surface area contributed by atoms with Gasteiger partial charge in [-0.05, 0) is 71.1 Å². The van der Waals surface area contributed by atoms with Crippen molar-refractivity contribution >= 4 is 28.4 Å². The number of hydrogen-bond donors (Lipinski definition) is 3. The summed E-state index contributed by atoms with van der Waals surface area (Å²) in [5.74, 6) is 0. The molecule has 4 saturated heterocycles. The summed E-state index contributed by atoms with van der Waals surface area (Å²) >= 11 is 0. The number of sulfonamides is 2. The van der Waals surface area contributed by atoms with Gasteiger partial charge in [-0.25, -0.2) is 26.3 Å². The van der Waals surface area contributed by atoms with Gasteiger partial charge in [0.1, 0.15) is 67.0 Å². The lowest BCUT2D eigenvalue weighted by Crippen LogP contribution is -2.71. The molecule has 0 saturated carbocycles. The van der Waals surface area contributed by atoms with Crippen molar-refractivity contribution < 1.29 is 78.5 Å². The van der Waals surface area contributed by atoms with Gasteiger partial charge in [-0.15, -0.1) is 0 Å². The Morgan fingerprint density at radius 2 is 0.894 bits per heavy atom. The fourth-order valence-corrected chi connectivity index (χ4v) is 15.4. The molecule has 22 heteroatoms. The number of fused-ring (bicyclic) bond motifs is 1. The summed E-state index contributed by atoms with van der Waals surface area (Å²) in [6.07, 6.45) is -16.7. The van der Waals surface area contributed by atoms with E-state index >= 15 is 8.42 Å². The van der Waals surface area contributed by atoms with Crippen molar-refractivity contribution in [3.05, 3.63) is 240 Å². The van der Waals surface area contributed by atoms with E-state index in [4.69, 9.17) is 56.5 Å². The van der Waals surface area contributed by atoms with Gasteiger partial charge in [-0.3, -0.25) is 0 Å². The Kier molecular flexibility index (Phi) is 23.3. The SMILES string of the molecule is CCC1O[C@H](O[Si](C)(C)C(C)(C)C)C(NS(=O)(=O)c2ccccc2)[C@H](OCc2ccccc2)[C@@H]1O[C@@H]1OC(COCc2ccccc2)[C@@H](O[C@@H]2OC3COC(c4ccccc4)O[C@H]3[C@H](O)C2OCc2ccccc2)[C@@H](OCc2ccccc2)C1NS(=O)(=O)c1ccccc1. The van der Waals surface area contributed by atoms with Crippen LogP contribution in [0, 0.1) is 0 Å². The molecule has 4 heterocycles. The fraction of sp³-hybridized carbons (Fsp3) is 0.417. The molecule has 94 heavy (non-hydrogen) atoms. The number of ether oxygens (including phenoxy) is 11. The molecule has 7 aromatic carbocycles. The second kappa shape index (κ2) is 31.5. The summed E-state index contributed by atoms with van der Waals surface area (Å²) < 4.78 is 150. The van der Waals surface area contributed by atoms with E-state index in [0.717, 1.165) is 27.8 Å². The zero-order chi connectivity index (χ0) is 65.9. The molecule has 16 atom stereocenters. The van der Waals surface area contributed by atoms with E-state index < -0.39 is 127 Å². The lowest BCUT2D eigenvalue weighted by Gasteiger charge is -2.53. The molecule has 7 aromatic rings. The average Bonchev–Trinajstić information content (AvgIpc) is 0.762. The van der Waals surface area contributed by atoms with Crippen molar-refractivity contribution in [3.63, 3.8) is 0 Å². The van der Waals surface area contributed by atoms with E-state index in [-0.39, 0.29) is 60.9 Å². The standard InChI is InChI=1S/C72H86N2O17S2Si/c1-7-56-63(66(82-45-51-33-19-10-20-34-51)60(70(85-56)91-94(5,6)72(2,3)4)74-93(78,79)55-41-27-14-28-42-55)89-69-59(73-92(76,77)54-39-25-13-26-40-54)65(81-44-50-31-17-9-18-32-50)64(57(86-69)47-80-43-49-29-15-8-16-30-49)90-71-67(83-46-52-35-21-11-22-36-52)61(75)62-58(87-71)48-84-68(88-62)53-37-23-12-24-38-53/h8-42,56-71,73-75H,7,43-48H2,1-6H3/t56?,57?,58?,59?,60?,61-,62+,63+,64+,65-,66-,67?,68?,69-,70+,71-/m0/s1. The van der Waals surface area contributed by atoms with Gasteiger partial charge >= 0.3 is 0 Å². The maximum absolute atomic E-state index is 15.3. The smallest absolute Gasteiger partial charge is 0.241 e. The molecule has 0 bridgehead atoms. The first-order valence-corrected chi connectivity index (χ1v) is 37.9. The van der Waals surface area contributed by atoms with E-state index in [1.165, 1.54) is 24.3 Å². The molecule has 19 nitrogen and oxygen atoms in total. The number of nitrogens with one attached hydrogen (secondary N) is 2. The van der Waals surface area contributed by atoms with Crippen molar-refractivity contribution in [2.45, 2.75) is 187 Å². The maximum atomic E-state index is 15.3. The average molecular weight is 1340 g/mol. The van der Waals surface area contributed by atoms with Gasteiger partial charge in [-0.2, -0.15) is 0 Å². The number of aliphatic hydroxyl groups is 1. The van der Waals surface area contributed by atoms with Crippen LogP contribution in [0.3, 0.4) is 0 Å². The lowest BCUT2D eigenvalue weighted by atomic mass is 9.93. The lowest BCUT2D eigenvalue weighted by molar-refractivity contribution is -0.391. The maximum Gasteiger partial charge on any atom is 0.241 e. The molecule has 0 spiro atoms. The predicted octanol–water partition coefficient (Wildman–Crippen LogP) is 10.5. The van der Waals surface area contributed by atoms with Crippen LogP contribution < -0.4 is 9.44 Å². The molecule has 502 valence electrons. The van der Waals surface area contributed by atoms with Gasteiger partial charge in [0.25, 0.3) is 0 Å². The summed E-state index contributed by atoms with van der Waals surface area (Å²) in [6.45, 7) is 12.1. The molecule has 0 radical (unpaired) electrons. The monoisotopic (exact) mass is 1340 g/mol. The number of hydrogen-bond acceptors (Lipinski definition) is 17. The molecule has 4 fully saturated rings. The summed E-state index contributed by atoms with van der Waals surface area (Å²) in [6, 6.07) is 60.3. The Morgan fingerprint density at radius 3 is 1.36 bits per heavy atom. The number of rotatable bonds is 27. The van der Waals surface area contributed by atoms with Crippen LogP contribution in [0.4, 0.5) is 0 Å². The highest BCUT2D eigenvalue weighted by Gasteiger charge is 2.58. The summed E-state index contributed by atoms with van der Waals surface area (Å²) in [4.78, 5) is -0.0894. The number of benzene rings is 7. The van der Waals surface area contributed by atoms with Crippen molar-refractivity contribution in [1.29, 1.82) is 0 Å². The normalized spacial score (nSPS) is 28.5. The third-order valence-electron chi connectivity index (χ3n) is 17.8. The van der Waals surface area contributed by atoms with Crippen LogP contribution in [-0.4, -0.2) is 135 Å². The Bertz CT molecular complexity index is 3670. The van der Waals surface area contributed by atoms with E-state index in [9.17, 15) is 13.5 Å². The van der Waals surface area contributed by atoms with Crippen LogP contribution in [0.15, 0.2) is 222 Å². The van der Waals surface area contributed by atoms with Crippen molar-refractivity contribution in [2.75, 3.05) is 13.2 Å². The minimum absolute atomic E-state index is 0.00985. The van der Waals surface area contributed by atoms with E-state index in [1.807, 2.05) is 159 Å². The minimum Gasteiger partial charge on any atom is -0.391 e. The Labute approximate surface area is 553 Å². The van der Waals surface area contributed by atoms with Gasteiger partial charge in [-0.1, -0.05) is 216 Å². The predicted molar refractivity (Wildman–Crippen MR) is 353 cm³/mol. The first-order valence-electron chi connectivity index (χ1n) is 32.0. The molecule has 7 unspecified atom stereocenters. The first kappa shape index (κ1) is 69.4. The molecule has 0 aromatic heterocycles. The van der Waals surface area contributed by atoms with Crippen LogP contribution in [0.25, 0.3) is 0 Å². The molecule has 3 N–H and O–H groups in total. The van der Waals surface area contributed by atoms with Crippen molar-refractivity contribution in [3.8, 4) is 0 Å². The highest BCUT2D eigenvalue weighted by atomic mass is 32.2. The van der Waals surface area contributed by atoms with E-state index in [0.29, 0.717) is 0 Å². The second-order valence-electron chi connectivity index (χ2n) is 25.5. The Balaban J connectivity index is 1.04. The Morgan fingerprint density at radius 1 is 0.489 bits per heavy atom. The summed E-state index contributed by atoms with van der Waals surface area (Å²) in [5.41, 5.74) is 3.90. The second-order valence-corrected chi connectivity index (χ2v) is 33.7.